The molecule has 3 rings (SSSR count). The molecule has 2 N–H and O–H groups in total. The number of fused-ring (bicyclic) bond motifs is 1. The second kappa shape index (κ2) is 6.38. The second-order valence-corrected chi connectivity index (χ2v) is 5.64. The Morgan fingerprint density at radius 1 is 1.35 bits per heavy atom. The number of benzene rings is 2. The van der Waals surface area contributed by atoms with Crippen LogP contribution in [0.5, 0.6) is 11.5 Å². The topological polar surface area (TPSA) is 67.8 Å². The van der Waals surface area contributed by atoms with Crippen LogP contribution in [0.1, 0.15) is 18.0 Å². The van der Waals surface area contributed by atoms with Crippen LogP contribution in [0.2, 0.25) is 5.02 Å². The number of methoxy groups -OCH3 is 1. The van der Waals surface area contributed by atoms with Crippen LogP contribution in [-0.2, 0) is 0 Å². The van der Waals surface area contributed by atoms with Crippen molar-refractivity contribution in [1.82, 2.24) is 5.32 Å². The zero-order valence-electron chi connectivity index (χ0n) is 12.5. The van der Waals surface area contributed by atoms with Crippen LogP contribution in [0.25, 0.3) is 11.1 Å². The number of amides is 1. The van der Waals surface area contributed by atoms with Gasteiger partial charge in [0, 0.05) is 22.6 Å². The number of rotatable bonds is 3. The predicted octanol–water partition coefficient (Wildman–Crippen LogP) is 4.11. The quantitative estimate of drug-likeness (QED) is 0.887. The van der Waals surface area contributed by atoms with E-state index in [1.807, 2.05) is 24.3 Å². The average Bonchev–Trinajstić information content (AvgIpc) is 2.54. The van der Waals surface area contributed by atoms with Crippen molar-refractivity contribution in [1.29, 1.82) is 0 Å². The van der Waals surface area contributed by atoms with Crippen molar-refractivity contribution in [2.45, 2.75) is 12.5 Å². The summed E-state index contributed by atoms with van der Waals surface area (Å²) >= 11 is 6.28. The summed E-state index contributed by atoms with van der Waals surface area (Å²) in [6, 6.07) is 10.8. The number of halogens is 1. The molecule has 0 saturated carbocycles. The Labute approximate surface area is 138 Å². The van der Waals surface area contributed by atoms with Gasteiger partial charge in [-0.3, -0.25) is 0 Å². The Morgan fingerprint density at radius 3 is 2.91 bits per heavy atom. The van der Waals surface area contributed by atoms with Crippen LogP contribution in [0.15, 0.2) is 36.4 Å². The Hall–Kier alpha value is -2.40. The van der Waals surface area contributed by atoms with Crippen molar-refractivity contribution >= 4 is 17.7 Å². The van der Waals surface area contributed by atoms with Gasteiger partial charge in [0.15, 0.2) is 0 Å². The highest BCUT2D eigenvalue weighted by atomic mass is 35.5. The smallest absolute Gasteiger partial charge is 0.405 e. The van der Waals surface area contributed by atoms with E-state index in [1.165, 1.54) is 0 Å². The molecule has 0 spiro atoms. The van der Waals surface area contributed by atoms with Crippen LogP contribution >= 0.6 is 11.6 Å². The standard InChI is InChI=1S/C17H16ClNO4/c1-22-11-3-5-14(18)13(9-11)10-2-4-12-15(19-17(20)21)6-7-23-16(12)8-10/h2-5,8-9,15,19H,6-7H2,1H3,(H,20,21). The van der Waals surface area contributed by atoms with Gasteiger partial charge in [-0.2, -0.15) is 0 Å². The van der Waals surface area contributed by atoms with E-state index in [-0.39, 0.29) is 6.04 Å². The maximum Gasteiger partial charge on any atom is 0.405 e. The first kappa shape index (κ1) is 15.5. The van der Waals surface area contributed by atoms with Gasteiger partial charge in [0.2, 0.25) is 0 Å². The molecule has 2 aromatic carbocycles. The Bertz CT molecular complexity index is 747. The molecule has 0 aromatic heterocycles. The van der Waals surface area contributed by atoms with Gasteiger partial charge in [-0.25, -0.2) is 4.79 Å². The number of hydrogen-bond donors (Lipinski definition) is 2. The minimum Gasteiger partial charge on any atom is -0.497 e. The molecule has 0 fully saturated rings. The van der Waals surface area contributed by atoms with Crippen LogP contribution in [0, 0.1) is 0 Å². The van der Waals surface area contributed by atoms with Crippen LogP contribution < -0.4 is 14.8 Å². The molecule has 6 heteroatoms. The fourth-order valence-electron chi connectivity index (χ4n) is 2.71. The lowest BCUT2D eigenvalue weighted by Gasteiger charge is -2.26. The largest absolute Gasteiger partial charge is 0.497 e. The lowest BCUT2D eigenvalue weighted by atomic mass is 9.96. The summed E-state index contributed by atoms with van der Waals surface area (Å²) in [7, 11) is 1.60. The third kappa shape index (κ3) is 3.19. The van der Waals surface area contributed by atoms with Gasteiger partial charge < -0.3 is 19.9 Å². The van der Waals surface area contributed by atoms with E-state index >= 15 is 0 Å². The van der Waals surface area contributed by atoms with E-state index in [4.69, 9.17) is 26.2 Å². The number of carboxylic acid groups (broad SMARTS) is 1. The zero-order chi connectivity index (χ0) is 16.4. The molecule has 1 amide bonds. The first-order valence-corrected chi connectivity index (χ1v) is 7.56. The van der Waals surface area contributed by atoms with Gasteiger partial charge in [0.25, 0.3) is 0 Å². The van der Waals surface area contributed by atoms with Gasteiger partial charge in [0.05, 0.1) is 19.8 Å². The lowest BCUT2D eigenvalue weighted by molar-refractivity contribution is 0.182. The molecule has 23 heavy (non-hydrogen) atoms. The number of hydrogen-bond acceptors (Lipinski definition) is 3. The fourth-order valence-corrected chi connectivity index (χ4v) is 2.94. The first-order valence-electron chi connectivity index (χ1n) is 7.18. The monoisotopic (exact) mass is 333 g/mol. The summed E-state index contributed by atoms with van der Waals surface area (Å²) < 4.78 is 10.9. The third-order valence-electron chi connectivity index (χ3n) is 3.84. The van der Waals surface area contributed by atoms with Gasteiger partial charge >= 0.3 is 6.09 Å². The van der Waals surface area contributed by atoms with E-state index in [1.54, 1.807) is 19.2 Å². The Kier molecular flexibility index (Phi) is 4.30. The fraction of sp³-hybridized carbons (Fsp3) is 0.235. The van der Waals surface area contributed by atoms with E-state index < -0.39 is 6.09 Å². The van der Waals surface area contributed by atoms with Crippen molar-refractivity contribution in [3.8, 4) is 22.6 Å². The molecule has 0 radical (unpaired) electrons. The third-order valence-corrected chi connectivity index (χ3v) is 4.16. The molecule has 0 saturated heterocycles. The molecular formula is C17H16ClNO4. The van der Waals surface area contributed by atoms with Gasteiger partial charge in [-0.1, -0.05) is 23.7 Å². The maximum absolute atomic E-state index is 10.9. The van der Waals surface area contributed by atoms with Crippen molar-refractivity contribution in [3.05, 3.63) is 47.0 Å². The molecule has 1 aliphatic heterocycles. The molecule has 5 nitrogen and oxygen atoms in total. The van der Waals surface area contributed by atoms with E-state index in [9.17, 15) is 4.79 Å². The predicted molar refractivity (Wildman–Crippen MR) is 87.5 cm³/mol. The number of nitrogens with one attached hydrogen (secondary N) is 1. The number of ether oxygens (including phenoxy) is 2. The number of carbonyl (C=O) groups is 1. The molecule has 2 aromatic rings. The van der Waals surface area contributed by atoms with Crippen molar-refractivity contribution in [2.24, 2.45) is 0 Å². The summed E-state index contributed by atoms with van der Waals surface area (Å²) in [5.41, 5.74) is 2.57. The molecule has 1 atom stereocenters. The summed E-state index contributed by atoms with van der Waals surface area (Å²) in [4.78, 5) is 10.9. The molecular weight excluding hydrogens is 318 g/mol. The highest BCUT2D eigenvalue weighted by Crippen LogP contribution is 2.38. The van der Waals surface area contributed by atoms with Crippen molar-refractivity contribution < 1.29 is 19.4 Å². The summed E-state index contributed by atoms with van der Waals surface area (Å²) in [6.45, 7) is 0.466. The maximum atomic E-state index is 10.9. The Balaban J connectivity index is 1.99. The summed E-state index contributed by atoms with van der Waals surface area (Å²) in [5, 5.41) is 12.1. The van der Waals surface area contributed by atoms with Crippen LogP contribution in [0.4, 0.5) is 4.79 Å². The van der Waals surface area contributed by atoms with Gasteiger partial charge in [-0.15, -0.1) is 0 Å². The van der Waals surface area contributed by atoms with Crippen LogP contribution in [0.3, 0.4) is 0 Å². The molecule has 120 valence electrons. The lowest BCUT2D eigenvalue weighted by Crippen LogP contribution is -2.30. The van der Waals surface area contributed by atoms with Crippen molar-refractivity contribution in [2.75, 3.05) is 13.7 Å². The van der Waals surface area contributed by atoms with E-state index in [0.717, 1.165) is 16.7 Å². The zero-order valence-corrected chi connectivity index (χ0v) is 13.3. The van der Waals surface area contributed by atoms with Gasteiger partial charge in [0.1, 0.15) is 11.5 Å². The summed E-state index contributed by atoms with van der Waals surface area (Å²) in [5.74, 6) is 1.39. The van der Waals surface area contributed by atoms with Crippen LogP contribution in [-0.4, -0.2) is 24.9 Å². The molecule has 0 bridgehead atoms. The minimum atomic E-state index is -1.04. The molecule has 1 unspecified atom stereocenters. The summed E-state index contributed by atoms with van der Waals surface area (Å²) in [6.07, 6.45) is -0.429. The van der Waals surface area contributed by atoms with E-state index in [2.05, 4.69) is 5.32 Å². The van der Waals surface area contributed by atoms with E-state index in [0.29, 0.717) is 29.5 Å². The molecule has 1 heterocycles. The highest BCUT2D eigenvalue weighted by Gasteiger charge is 2.23. The normalized spacial score (nSPS) is 16.2. The van der Waals surface area contributed by atoms with Gasteiger partial charge in [-0.05, 0) is 29.8 Å². The molecule has 1 aliphatic rings. The average molecular weight is 334 g/mol. The minimum absolute atomic E-state index is 0.258. The first-order chi connectivity index (χ1) is 11.1. The highest BCUT2D eigenvalue weighted by molar-refractivity contribution is 6.33. The second-order valence-electron chi connectivity index (χ2n) is 5.24. The molecule has 0 aliphatic carbocycles. The Morgan fingerprint density at radius 2 is 2.17 bits per heavy atom. The van der Waals surface area contributed by atoms with Crippen molar-refractivity contribution in [3.63, 3.8) is 0 Å². The SMILES string of the molecule is COc1ccc(Cl)c(-c2ccc3c(c2)OCCC3NC(=O)O)c1.